The van der Waals surface area contributed by atoms with Crippen molar-refractivity contribution >= 4 is 63.8 Å². The molecule has 0 saturated carbocycles. The van der Waals surface area contributed by atoms with Crippen LogP contribution >= 0.6 is 11.3 Å². The first-order valence-electron chi connectivity index (χ1n) is 22.7. The minimum Gasteiger partial charge on any atom is -0.208 e. The van der Waals surface area contributed by atoms with E-state index in [1.165, 1.54) is 69.2 Å². The zero-order chi connectivity index (χ0) is 44.3. The fraction of sp³-hybridized carbons (Fsp3) is 0. The van der Waals surface area contributed by atoms with Gasteiger partial charge in [0.05, 0.1) is 0 Å². The van der Waals surface area contributed by atoms with Crippen LogP contribution in [0.1, 0.15) is 0 Å². The van der Waals surface area contributed by atoms with Crippen molar-refractivity contribution in [1.82, 2.24) is 15.0 Å². The predicted molar refractivity (Wildman–Crippen MR) is 283 cm³/mol. The molecule has 13 aromatic rings. The van der Waals surface area contributed by atoms with Crippen molar-refractivity contribution in [3.8, 4) is 78.7 Å². The number of aromatic nitrogens is 3. The summed E-state index contributed by atoms with van der Waals surface area (Å²) >= 11 is 1.85. The Bertz CT molecular complexity index is 4010. The molecule has 0 fully saturated rings. The molecule has 0 spiro atoms. The van der Waals surface area contributed by atoms with Crippen LogP contribution in [-0.4, -0.2) is 15.0 Å². The van der Waals surface area contributed by atoms with Gasteiger partial charge in [-0.05, 0) is 89.0 Å². The van der Waals surface area contributed by atoms with Gasteiger partial charge in [-0.2, -0.15) is 0 Å². The van der Waals surface area contributed by atoms with Gasteiger partial charge in [0.1, 0.15) is 0 Å². The Morgan fingerprint density at radius 3 is 1.49 bits per heavy atom. The van der Waals surface area contributed by atoms with Crippen molar-refractivity contribution in [2.45, 2.75) is 0 Å². The zero-order valence-corrected chi connectivity index (χ0v) is 37.1. The van der Waals surface area contributed by atoms with Crippen LogP contribution in [0.4, 0.5) is 0 Å². The molecule has 2 heterocycles. The largest absolute Gasteiger partial charge is 0.208 e. The average molecular weight is 870 g/mol. The van der Waals surface area contributed by atoms with E-state index >= 15 is 0 Å². The van der Waals surface area contributed by atoms with Gasteiger partial charge in [0.15, 0.2) is 17.5 Å². The summed E-state index contributed by atoms with van der Waals surface area (Å²) in [6, 6.07) is 84.7. The molecule has 0 saturated heterocycles. The SMILES string of the molecule is c1ccc(-c2ccccc2-c2nc(-c3ccc(-c4ccc(-c5c6ccccc6cc6c5ccc5ccccc56)cc4)cc3)nc(-c3ccc(-c4cccc5c4sc4ccccc45)cc3)n2)cc1. The van der Waals surface area contributed by atoms with Crippen LogP contribution in [0.2, 0.25) is 0 Å². The minimum atomic E-state index is 0.624. The van der Waals surface area contributed by atoms with Crippen LogP contribution in [0.5, 0.6) is 0 Å². The second kappa shape index (κ2) is 16.1. The van der Waals surface area contributed by atoms with E-state index in [0.29, 0.717) is 17.5 Å². The number of hydrogen-bond donors (Lipinski definition) is 0. The highest BCUT2D eigenvalue weighted by Gasteiger charge is 2.18. The maximum atomic E-state index is 5.20. The van der Waals surface area contributed by atoms with Crippen molar-refractivity contribution in [2.75, 3.05) is 0 Å². The van der Waals surface area contributed by atoms with Gasteiger partial charge in [-0.25, -0.2) is 15.0 Å². The van der Waals surface area contributed by atoms with E-state index in [9.17, 15) is 0 Å². The first kappa shape index (κ1) is 38.9. The molecule has 13 rings (SSSR count). The lowest BCUT2D eigenvalue weighted by Gasteiger charge is -2.14. The molecule has 67 heavy (non-hydrogen) atoms. The van der Waals surface area contributed by atoms with Crippen molar-refractivity contribution < 1.29 is 0 Å². The van der Waals surface area contributed by atoms with Crippen molar-refractivity contribution in [1.29, 1.82) is 0 Å². The van der Waals surface area contributed by atoms with E-state index in [0.717, 1.165) is 44.5 Å². The third-order valence-electron chi connectivity index (χ3n) is 13.2. The van der Waals surface area contributed by atoms with Crippen molar-refractivity contribution in [2.24, 2.45) is 0 Å². The van der Waals surface area contributed by atoms with E-state index in [4.69, 9.17) is 15.0 Å². The number of thiophene rings is 1. The van der Waals surface area contributed by atoms with Gasteiger partial charge < -0.3 is 0 Å². The molecule has 2 aromatic heterocycles. The molecule has 0 aliphatic rings. The summed E-state index contributed by atoms with van der Waals surface area (Å²) in [7, 11) is 0. The third-order valence-corrected chi connectivity index (χ3v) is 14.4. The fourth-order valence-electron chi connectivity index (χ4n) is 9.85. The van der Waals surface area contributed by atoms with Crippen LogP contribution in [0, 0.1) is 0 Å². The van der Waals surface area contributed by atoms with Crippen molar-refractivity contribution in [3.63, 3.8) is 0 Å². The molecular formula is C63H39N3S. The monoisotopic (exact) mass is 869 g/mol. The van der Waals surface area contributed by atoms with Gasteiger partial charge in [-0.1, -0.05) is 224 Å². The maximum Gasteiger partial charge on any atom is 0.164 e. The lowest BCUT2D eigenvalue weighted by molar-refractivity contribution is 1.07. The second-order valence-corrected chi connectivity index (χ2v) is 18.1. The molecular weight excluding hydrogens is 831 g/mol. The molecule has 0 aliphatic heterocycles. The number of benzene rings is 11. The highest BCUT2D eigenvalue weighted by Crippen LogP contribution is 2.42. The molecule has 3 nitrogen and oxygen atoms in total. The molecule has 0 bridgehead atoms. The maximum absolute atomic E-state index is 5.20. The standard InChI is InChI=1S/C63H39N3S/c1-2-13-42(14-3-1)49-17-8-9-21-56(49)63-65-61(64-62(66-63)47-35-29-44(30-36-47)52-22-12-23-55-53-20-10-11-24-58(53)67-60(52)55)46-33-27-41(28-34-46)40-25-31-45(32-26-40)59-51-19-7-5-16-48(51)39-57-50-18-6-4-15-43(50)37-38-54(57)59/h1-39H. The molecule has 0 N–H and O–H groups in total. The molecule has 4 heteroatoms. The summed E-state index contributed by atoms with van der Waals surface area (Å²) in [5.41, 5.74) is 12.1. The minimum absolute atomic E-state index is 0.624. The Morgan fingerprint density at radius 2 is 0.761 bits per heavy atom. The lowest BCUT2D eigenvalue weighted by atomic mass is 9.89. The first-order valence-corrected chi connectivity index (χ1v) is 23.5. The first-order chi connectivity index (χ1) is 33.2. The Kier molecular flexibility index (Phi) is 9.36. The summed E-state index contributed by atoms with van der Waals surface area (Å²) in [5.74, 6) is 1.88. The third kappa shape index (κ3) is 6.86. The predicted octanol–water partition coefficient (Wildman–Crippen LogP) is 17.4. The zero-order valence-electron chi connectivity index (χ0n) is 36.3. The summed E-state index contributed by atoms with van der Waals surface area (Å²) in [6.07, 6.45) is 0. The fourth-order valence-corrected chi connectivity index (χ4v) is 11.1. The van der Waals surface area contributed by atoms with E-state index in [2.05, 4.69) is 231 Å². The van der Waals surface area contributed by atoms with Crippen molar-refractivity contribution in [3.05, 3.63) is 237 Å². The Balaban J connectivity index is 0.876. The second-order valence-electron chi connectivity index (χ2n) is 17.1. The van der Waals surface area contributed by atoms with Gasteiger partial charge in [0.2, 0.25) is 0 Å². The summed E-state index contributed by atoms with van der Waals surface area (Å²) < 4.78 is 2.60. The highest BCUT2D eigenvalue weighted by molar-refractivity contribution is 7.26. The van der Waals surface area contributed by atoms with E-state index < -0.39 is 0 Å². The van der Waals surface area contributed by atoms with Gasteiger partial charge in [-0.3, -0.25) is 0 Å². The van der Waals surface area contributed by atoms with E-state index in [1.54, 1.807) is 0 Å². The highest BCUT2D eigenvalue weighted by atomic mass is 32.1. The number of hydrogen-bond acceptors (Lipinski definition) is 4. The lowest BCUT2D eigenvalue weighted by Crippen LogP contribution is -2.01. The molecule has 11 aromatic carbocycles. The van der Waals surface area contributed by atoms with E-state index in [-0.39, 0.29) is 0 Å². The van der Waals surface area contributed by atoms with Gasteiger partial charge in [0.25, 0.3) is 0 Å². The van der Waals surface area contributed by atoms with Crippen LogP contribution in [-0.2, 0) is 0 Å². The van der Waals surface area contributed by atoms with Gasteiger partial charge >= 0.3 is 0 Å². The summed E-state index contributed by atoms with van der Waals surface area (Å²) in [6.45, 7) is 0. The van der Waals surface area contributed by atoms with Crippen LogP contribution in [0.3, 0.4) is 0 Å². The number of nitrogens with zero attached hydrogens (tertiary/aromatic N) is 3. The number of rotatable bonds is 7. The molecule has 0 unspecified atom stereocenters. The quantitative estimate of drug-likeness (QED) is 0.118. The molecule has 0 atom stereocenters. The molecule has 0 aliphatic carbocycles. The molecule has 0 radical (unpaired) electrons. The smallest absolute Gasteiger partial charge is 0.164 e. The van der Waals surface area contributed by atoms with Gasteiger partial charge in [0, 0.05) is 36.9 Å². The summed E-state index contributed by atoms with van der Waals surface area (Å²) in [4.78, 5) is 15.6. The Morgan fingerprint density at radius 1 is 0.254 bits per heavy atom. The van der Waals surface area contributed by atoms with Crippen LogP contribution in [0.25, 0.3) is 131 Å². The van der Waals surface area contributed by atoms with Gasteiger partial charge in [-0.15, -0.1) is 11.3 Å². The van der Waals surface area contributed by atoms with Crippen LogP contribution in [0.15, 0.2) is 237 Å². The Labute approximate surface area is 392 Å². The van der Waals surface area contributed by atoms with E-state index in [1.807, 2.05) is 17.4 Å². The normalized spacial score (nSPS) is 11.6. The average Bonchev–Trinajstić information content (AvgIpc) is 3.80. The Hall–Kier alpha value is -8.57. The summed E-state index contributed by atoms with van der Waals surface area (Å²) in [5, 5.41) is 10.2. The topological polar surface area (TPSA) is 38.7 Å². The van der Waals surface area contributed by atoms with Crippen LogP contribution < -0.4 is 0 Å². The molecule has 312 valence electrons. The number of fused-ring (bicyclic) bond motifs is 7. The molecule has 0 amide bonds.